The summed E-state index contributed by atoms with van der Waals surface area (Å²) in [6.45, 7) is 5.03. The fourth-order valence-electron chi connectivity index (χ4n) is 4.85. The molecule has 196 valence electrons. The number of nitrogens with one attached hydrogen (secondary N) is 1. The lowest BCUT2D eigenvalue weighted by Gasteiger charge is -2.34. The molecule has 0 heterocycles. The Bertz CT molecular complexity index is 1160. The number of anilines is 1. The first-order valence-electron chi connectivity index (χ1n) is 12.4. The third-order valence-electron chi connectivity index (χ3n) is 6.72. The van der Waals surface area contributed by atoms with Crippen LogP contribution in [0.4, 0.5) is 10.1 Å². The minimum atomic E-state index is -3.81. The summed E-state index contributed by atoms with van der Waals surface area (Å²) in [6.07, 6.45) is 5.34. The highest BCUT2D eigenvalue weighted by molar-refractivity contribution is 7.92. The van der Waals surface area contributed by atoms with Gasteiger partial charge in [-0.25, -0.2) is 12.8 Å². The van der Waals surface area contributed by atoms with Crippen molar-refractivity contribution in [2.75, 3.05) is 17.1 Å². The normalized spacial score (nSPS) is 14.9. The number of aryl methyl sites for hydroxylation is 2. The molecule has 0 unspecified atom stereocenters. The van der Waals surface area contributed by atoms with Gasteiger partial charge in [0.1, 0.15) is 18.4 Å². The van der Waals surface area contributed by atoms with Gasteiger partial charge in [-0.05, 0) is 61.9 Å². The van der Waals surface area contributed by atoms with Gasteiger partial charge in [-0.15, -0.1) is 0 Å². The Morgan fingerprint density at radius 3 is 2.17 bits per heavy atom. The molecule has 9 heteroatoms. The Morgan fingerprint density at radius 1 is 1.06 bits per heavy atom. The Hall–Kier alpha value is -2.94. The first-order chi connectivity index (χ1) is 17.0. The molecule has 1 saturated carbocycles. The molecule has 1 aliphatic rings. The van der Waals surface area contributed by atoms with Crippen molar-refractivity contribution in [3.63, 3.8) is 0 Å². The second-order valence-corrected chi connectivity index (χ2v) is 11.5. The molecule has 1 aliphatic carbocycles. The number of halogens is 1. The van der Waals surface area contributed by atoms with Crippen LogP contribution in [-0.2, 0) is 26.2 Å². The largest absolute Gasteiger partial charge is 0.352 e. The molecule has 36 heavy (non-hydrogen) atoms. The van der Waals surface area contributed by atoms with Crippen molar-refractivity contribution in [1.29, 1.82) is 0 Å². The van der Waals surface area contributed by atoms with Crippen LogP contribution in [0.2, 0.25) is 0 Å². The molecule has 0 aromatic heterocycles. The predicted molar refractivity (Wildman–Crippen MR) is 140 cm³/mol. The van der Waals surface area contributed by atoms with Crippen LogP contribution in [0.3, 0.4) is 0 Å². The fourth-order valence-corrected chi connectivity index (χ4v) is 5.81. The average Bonchev–Trinajstić information content (AvgIpc) is 3.31. The van der Waals surface area contributed by atoms with Crippen molar-refractivity contribution in [3.8, 4) is 0 Å². The number of amides is 2. The van der Waals surface area contributed by atoms with Crippen LogP contribution in [0.25, 0.3) is 0 Å². The Kier molecular flexibility index (Phi) is 9.11. The van der Waals surface area contributed by atoms with Crippen LogP contribution in [0.5, 0.6) is 0 Å². The van der Waals surface area contributed by atoms with Crippen LogP contribution < -0.4 is 9.62 Å². The lowest BCUT2D eigenvalue weighted by molar-refractivity contribution is -0.140. The van der Waals surface area contributed by atoms with E-state index in [1.807, 2.05) is 13.0 Å². The third-order valence-corrected chi connectivity index (χ3v) is 7.83. The minimum absolute atomic E-state index is 0.0556. The monoisotopic (exact) mass is 517 g/mol. The van der Waals surface area contributed by atoms with Gasteiger partial charge in [0.05, 0.1) is 11.9 Å². The van der Waals surface area contributed by atoms with Crippen molar-refractivity contribution in [2.45, 2.75) is 71.5 Å². The summed E-state index contributed by atoms with van der Waals surface area (Å²) in [7, 11) is -3.81. The summed E-state index contributed by atoms with van der Waals surface area (Å²) in [6, 6.07) is 10.5. The van der Waals surface area contributed by atoms with E-state index < -0.39 is 34.3 Å². The maximum absolute atomic E-state index is 13.8. The van der Waals surface area contributed by atoms with Crippen LogP contribution >= 0.6 is 0 Å². The number of benzene rings is 2. The molecule has 0 aliphatic heterocycles. The maximum atomic E-state index is 13.8. The molecular formula is C27H36FN3O4S. The molecular weight excluding hydrogens is 481 g/mol. The number of hydrogen-bond acceptors (Lipinski definition) is 4. The molecule has 2 amide bonds. The second kappa shape index (κ2) is 11.9. The van der Waals surface area contributed by atoms with Gasteiger partial charge in [0.2, 0.25) is 21.8 Å². The number of rotatable bonds is 10. The quantitative estimate of drug-likeness (QED) is 0.515. The zero-order valence-electron chi connectivity index (χ0n) is 21.5. The van der Waals surface area contributed by atoms with Crippen LogP contribution in [0.1, 0.15) is 55.7 Å². The van der Waals surface area contributed by atoms with E-state index in [0.29, 0.717) is 17.7 Å². The maximum Gasteiger partial charge on any atom is 0.244 e. The van der Waals surface area contributed by atoms with Gasteiger partial charge in [0.25, 0.3) is 0 Å². The summed E-state index contributed by atoms with van der Waals surface area (Å²) < 4.78 is 40.3. The highest BCUT2D eigenvalue weighted by atomic mass is 32.2. The lowest BCUT2D eigenvalue weighted by atomic mass is 10.1. The molecule has 1 fully saturated rings. The van der Waals surface area contributed by atoms with E-state index in [1.54, 1.807) is 38.1 Å². The summed E-state index contributed by atoms with van der Waals surface area (Å²) in [4.78, 5) is 28.5. The second-order valence-electron chi connectivity index (χ2n) is 9.57. The van der Waals surface area contributed by atoms with Gasteiger partial charge in [0, 0.05) is 12.6 Å². The number of nitrogens with zero attached hydrogens (tertiary/aromatic N) is 2. The fraction of sp³-hybridized carbons (Fsp3) is 0.481. The lowest BCUT2D eigenvalue weighted by Crippen LogP contribution is -2.53. The van der Waals surface area contributed by atoms with Gasteiger partial charge in [-0.1, -0.05) is 50.1 Å². The van der Waals surface area contributed by atoms with Gasteiger partial charge in [-0.3, -0.25) is 13.9 Å². The highest BCUT2D eigenvalue weighted by Crippen LogP contribution is 2.27. The molecule has 2 aromatic rings. The molecule has 3 rings (SSSR count). The van der Waals surface area contributed by atoms with Gasteiger partial charge in [-0.2, -0.15) is 0 Å². The van der Waals surface area contributed by atoms with E-state index in [1.165, 1.54) is 17.0 Å². The van der Waals surface area contributed by atoms with E-state index in [-0.39, 0.29) is 18.5 Å². The number of carbonyl (C=O) groups excluding carboxylic acids is 2. The Balaban J connectivity index is 1.95. The Labute approximate surface area is 213 Å². The first kappa shape index (κ1) is 27.6. The van der Waals surface area contributed by atoms with Crippen LogP contribution in [-0.4, -0.2) is 50.0 Å². The molecule has 0 spiro atoms. The third kappa shape index (κ3) is 6.84. The summed E-state index contributed by atoms with van der Waals surface area (Å²) in [5.74, 6) is -1.15. The van der Waals surface area contributed by atoms with Crippen molar-refractivity contribution >= 4 is 27.5 Å². The van der Waals surface area contributed by atoms with Crippen molar-refractivity contribution in [1.82, 2.24) is 10.2 Å². The predicted octanol–water partition coefficient (Wildman–Crippen LogP) is 4.07. The Morgan fingerprint density at radius 2 is 1.64 bits per heavy atom. The highest BCUT2D eigenvalue weighted by Gasteiger charge is 2.33. The van der Waals surface area contributed by atoms with Gasteiger partial charge in [0.15, 0.2) is 0 Å². The number of para-hydroxylation sites is 1. The minimum Gasteiger partial charge on any atom is -0.352 e. The first-order valence-corrected chi connectivity index (χ1v) is 14.2. The van der Waals surface area contributed by atoms with E-state index >= 15 is 0 Å². The zero-order valence-corrected chi connectivity index (χ0v) is 22.3. The summed E-state index contributed by atoms with van der Waals surface area (Å²) >= 11 is 0. The smallest absolute Gasteiger partial charge is 0.244 e. The average molecular weight is 518 g/mol. The molecule has 1 atom stereocenters. The van der Waals surface area contributed by atoms with Gasteiger partial charge >= 0.3 is 0 Å². The molecule has 0 bridgehead atoms. The topological polar surface area (TPSA) is 86.8 Å². The van der Waals surface area contributed by atoms with E-state index in [0.717, 1.165) is 47.4 Å². The van der Waals surface area contributed by atoms with Crippen molar-refractivity contribution in [3.05, 3.63) is 65.0 Å². The molecule has 0 radical (unpaired) electrons. The molecule has 7 nitrogen and oxygen atoms in total. The van der Waals surface area contributed by atoms with E-state index in [2.05, 4.69) is 5.32 Å². The van der Waals surface area contributed by atoms with Crippen molar-refractivity contribution in [2.24, 2.45) is 0 Å². The summed E-state index contributed by atoms with van der Waals surface area (Å²) in [5.41, 5.74) is 2.56. The number of carbonyl (C=O) groups is 2. The zero-order chi connectivity index (χ0) is 26.5. The van der Waals surface area contributed by atoms with Crippen LogP contribution in [0.15, 0.2) is 42.5 Å². The van der Waals surface area contributed by atoms with E-state index in [9.17, 15) is 22.4 Å². The van der Waals surface area contributed by atoms with E-state index in [4.69, 9.17) is 0 Å². The molecule has 0 saturated heterocycles. The van der Waals surface area contributed by atoms with Crippen molar-refractivity contribution < 1.29 is 22.4 Å². The molecule has 2 aromatic carbocycles. The van der Waals surface area contributed by atoms with Gasteiger partial charge < -0.3 is 10.2 Å². The number of hydrogen-bond donors (Lipinski definition) is 1. The molecule has 1 N–H and O–H groups in total. The standard InChI is InChI=1S/C27H36FN3O4S/c1-5-24(27(33)29-23-11-6-7-12-23)30(17-21-13-15-22(28)16-14-21)25(32)18-31(36(4,34)35)26-19(2)9-8-10-20(26)3/h8-10,13-16,23-24H,5-7,11-12,17-18H2,1-4H3,(H,29,33)/t24-/m0/s1. The SMILES string of the molecule is CC[C@@H](C(=O)NC1CCCC1)N(Cc1ccc(F)cc1)C(=O)CN(c1c(C)cccc1C)S(C)(=O)=O. The number of sulfonamides is 1. The van der Waals surface area contributed by atoms with Crippen LogP contribution in [0, 0.1) is 19.7 Å². The summed E-state index contributed by atoms with van der Waals surface area (Å²) in [5, 5.41) is 3.07.